The maximum Gasteiger partial charge on any atom is 0.338 e. The fourth-order valence-electron chi connectivity index (χ4n) is 6.97. The number of benzene rings is 2. The van der Waals surface area contributed by atoms with Crippen molar-refractivity contribution in [3.8, 4) is 10.4 Å². The molecule has 3 fully saturated rings. The summed E-state index contributed by atoms with van der Waals surface area (Å²) in [6.07, 6.45) is 4.41. The fraction of sp³-hybridized carbons (Fsp3) is 0.441. The molecule has 9 heteroatoms. The van der Waals surface area contributed by atoms with Crippen molar-refractivity contribution in [1.29, 1.82) is 0 Å². The minimum absolute atomic E-state index is 0.0452. The number of anilines is 1. The van der Waals surface area contributed by atoms with Crippen molar-refractivity contribution in [1.82, 2.24) is 9.80 Å². The quantitative estimate of drug-likeness (QED) is 0.358. The summed E-state index contributed by atoms with van der Waals surface area (Å²) in [5.41, 5.74) is 8.38. The molecule has 1 amide bonds. The molecule has 3 aliphatic rings. The van der Waals surface area contributed by atoms with Crippen LogP contribution in [0.25, 0.3) is 10.4 Å². The Bertz CT molecular complexity index is 1490. The number of amides is 1. The van der Waals surface area contributed by atoms with Gasteiger partial charge in [-0.1, -0.05) is 42.5 Å². The number of nitrogens with two attached hydrogens (primary N) is 1. The number of rotatable bonds is 6. The molecule has 1 aromatic heterocycles. The van der Waals surface area contributed by atoms with Crippen LogP contribution < -0.4 is 5.73 Å². The summed E-state index contributed by atoms with van der Waals surface area (Å²) < 4.78 is 11.1. The number of hydrogen-bond donors (Lipinski definition) is 1. The van der Waals surface area contributed by atoms with E-state index < -0.39 is 11.0 Å². The average molecular weight is 602 g/mol. The van der Waals surface area contributed by atoms with Crippen molar-refractivity contribution in [3.05, 3.63) is 77.4 Å². The number of nitrogens with zero attached hydrogens (tertiary/aromatic N) is 2. The summed E-state index contributed by atoms with van der Waals surface area (Å²) >= 11 is 1.38. The van der Waals surface area contributed by atoms with Crippen LogP contribution in [0.2, 0.25) is 0 Å². The van der Waals surface area contributed by atoms with Gasteiger partial charge in [-0.05, 0) is 75.4 Å². The fourth-order valence-corrected chi connectivity index (χ4v) is 7.89. The summed E-state index contributed by atoms with van der Waals surface area (Å²) in [6.45, 7) is 7.28. The van der Waals surface area contributed by atoms with Gasteiger partial charge < -0.3 is 20.1 Å². The van der Waals surface area contributed by atoms with E-state index in [1.54, 1.807) is 12.1 Å². The van der Waals surface area contributed by atoms with Crippen LogP contribution in [0.15, 0.2) is 60.7 Å². The summed E-state index contributed by atoms with van der Waals surface area (Å²) in [7, 11) is 0. The first-order chi connectivity index (χ1) is 20.6. The summed E-state index contributed by atoms with van der Waals surface area (Å²) in [5, 5.41) is 0.494. The molecule has 0 saturated carbocycles. The highest BCUT2D eigenvalue weighted by Crippen LogP contribution is 2.47. The van der Waals surface area contributed by atoms with Gasteiger partial charge >= 0.3 is 11.9 Å². The first-order valence-corrected chi connectivity index (χ1v) is 15.9. The molecule has 0 radical (unpaired) electrons. The molecule has 2 N–H and O–H groups in total. The number of piperidine rings is 2. The standard InChI is InChI=1S/C34H39N3O5S/c1-33(2)21-34(32(40)42-33)15-6-16-37(22-34)26-13-17-36(18-14-26)30(38)27-19-28(43-29(27)35)24-9-11-25(12-10-24)31(39)41-20-23-7-4-3-5-8-23/h3-5,7-12,19,26H,6,13-18,20-22,35H2,1-2H3. The summed E-state index contributed by atoms with van der Waals surface area (Å²) in [4.78, 5) is 44.1. The molecule has 3 aliphatic heterocycles. The van der Waals surface area contributed by atoms with Crippen LogP contribution in [0, 0.1) is 5.41 Å². The maximum absolute atomic E-state index is 13.5. The zero-order valence-corrected chi connectivity index (χ0v) is 25.7. The van der Waals surface area contributed by atoms with Crippen LogP contribution in [0.5, 0.6) is 0 Å². The van der Waals surface area contributed by atoms with Gasteiger partial charge in [0.05, 0.1) is 21.5 Å². The lowest BCUT2D eigenvalue weighted by molar-refractivity contribution is -0.154. The van der Waals surface area contributed by atoms with E-state index in [9.17, 15) is 14.4 Å². The molecule has 4 heterocycles. The first kappa shape index (κ1) is 29.4. The third-order valence-corrected chi connectivity index (χ3v) is 10.1. The van der Waals surface area contributed by atoms with E-state index in [1.165, 1.54) is 11.3 Å². The number of thiophene rings is 1. The SMILES string of the molecule is CC1(C)CC2(CCCN(C3CCN(C(=O)c4cc(-c5ccc(C(=O)OCc6ccccc6)cc5)sc4N)CC3)C2)C(=O)O1. The Morgan fingerprint density at radius 3 is 2.44 bits per heavy atom. The van der Waals surface area contributed by atoms with E-state index in [1.807, 2.05) is 67.3 Å². The molecule has 0 bridgehead atoms. The van der Waals surface area contributed by atoms with Crippen molar-refractivity contribution >= 4 is 34.2 Å². The second kappa shape index (κ2) is 11.8. The Morgan fingerprint density at radius 1 is 1.05 bits per heavy atom. The first-order valence-electron chi connectivity index (χ1n) is 15.1. The van der Waals surface area contributed by atoms with E-state index >= 15 is 0 Å². The molecule has 6 rings (SSSR count). The van der Waals surface area contributed by atoms with Crippen LogP contribution >= 0.6 is 11.3 Å². The average Bonchev–Trinajstić information content (AvgIpc) is 3.50. The lowest BCUT2D eigenvalue weighted by Gasteiger charge is -2.44. The monoisotopic (exact) mass is 601 g/mol. The molecular formula is C34H39N3O5S. The molecule has 2 aromatic carbocycles. The maximum atomic E-state index is 13.5. The van der Waals surface area contributed by atoms with Gasteiger partial charge in [-0.25, -0.2) is 4.79 Å². The second-order valence-electron chi connectivity index (χ2n) is 12.7. The van der Waals surface area contributed by atoms with Crippen molar-refractivity contribution in [2.24, 2.45) is 5.41 Å². The number of cyclic esters (lactones) is 1. The highest BCUT2D eigenvalue weighted by atomic mass is 32.1. The minimum Gasteiger partial charge on any atom is -0.459 e. The van der Waals surface area contributed by atoms with Gasteiger partial charge in [-0.3, -0.25) is 14.5 Å². The number of nitrogen functional groups attached to an aromatic ring is 1. The van der Waals surface area contributed by atoms with Gasteiger partial charge in [0.2, 0.25) is 0 Å². The third-order valence-electron chi connectivity index (χ3n) is 9.05. The largest absolute Gasteiger partial charge is 0.459 e. The van der Waals surface area contributed by atoms with Crippen molar-refractivity contribution in [2.75, 3.05) is 31.9 Å². The van der Waals surface area contributed by atoms with Crippen LogP contribution in [0.3, 0.4) is 0 Å². The highest BCUT2D eigenvalue weighted by Gasteiger charge is 2.54. The summed E-state index contributed by atoms with van der Waals surface area (Å²) in [6, 6.07) is 19.0. The Hall–Kier alpha value is -3.69. The summed E-state index contributed by atoms with van der Waals surface area (Å²) in [5.74, 6) is -0.473. The van der Waals surface area contributed by atoms with Crippen LogP contribution in [0.4, 0.5) is 5.00 Å². The molecule has 0 aliphatic carbocycles. The Kier molecular flexibility index (Phi) is 8.04. The van der Waals surface area contributed by atoms with E-state index in [-0.39, 0.29) is 24.5 Å². The molecule has 226 valence electrons. The predicted molar refractivity (Wildman–Crippen MR) is 167 cm³/mol. The Labute approximate surface area is 256 Å². The van der Waals surface area contributed by atoms with Gasteiger partial charge in [0.25, 0.3) is 5.91 Å². The number of carbonyl (C=O) groups excluding carboxylic acids is 3. The van der Waals surface area contributed by atoms with Gasteiger partial charge in [-0.15, -0.1) is 11.3 Å². The highest BCUT2D eigenvalue weighted by molar-refractivity contribution is 7.19. The Morgan fingerprint density at radius 2 is 1.77 bits per heavy atom. The number of likely N-dealkylation sites (tertiary alicyclic amines) is 2. The zero-order chi connectivity index (χ0) is 30.2. The normalized spacial score (nSPS) is 22.5. The lowest BCUT2D eigenvalue weighted by atomic mass is 9.74. The molecule has 1 atom stereocenters. The number of hydrogen-bond acceptors (Lipinski definition) is 8. The lowest BCUT2D eigenvalue weighted by Crippen LogP contribution is -2.53. The second-order valence-corrected chi connectivity index (χ2v) is 13.8. The van der Waals surface area contributed by atoms with Crippen LogP contribution in [0.1, 0.15) is 72.2 Å². The molecule has 1 unspecified atom stereocenters. The predicted octanol–water partition coefficient (Wildman–Crippen LogP) is 5.77. The van der Waals surface area contributed by atoms with E-state index in [4.69, 9.17) is 15.2 Å². The molecule has 8 nitrogen and oxygen atoms in total. The van der Waals surface area contributed by atoms with Crippen LogP contribution in [-0.4, -0.2) is 65.5 Å². The topological polar surface area (TPSA) is 102 Å². The van der Waals surface area contributed by atoms with Crippen molar-refractivity contribution < 1.29 is 23.9 Å². The molecule has 3 aromatic rings. The van der Waals surface area contributed by atoms with Crippen molar-refractivity contribution in [2.45, 2.75) is 64.2 Å². The smallest absolute Gasteiger partial charge is 0.338 e. The molecule has 3 saturated heterocycles. The van der Waals surface area contributed by atoms with E-state index in [0.29, 0.717) is 35.3 Å². The molecule has 43 heavy (non-hydrogen) atoms. The van der Waals surface area contributed by atoms with Crippen molar-refractivity contribution in [3.63, 3.8) is 0 Å². The molecule has 1 spiro atoms. The molecular weight excluding hydrogens is 562 g/mol. The third kappa shape index (κ3) is 6.19. The van der Waals surface area contributed by atoms with E-state index in [0.717, 1.165) is 61.2 Å². The number of carbonyl (C=O) groups is 3. The Balaban J connectivity index is 1.05. The van der Waals surface area contributed by atoms with Gasteiger partial charge in [0.1, 0.15) is 12.2 Å². The number of ether oxygens (including phenoxy) is 2. The van der Waals surface area contributed by atoms with E-state index in [2.05, 4.69) is 4.90 Å². The van der Waals surface area contributed by atoms with Gasteiger partial charge in [0, 0.05) is 37.0 Å². The van der Waals surface area contributed by atoms with Gasteiger partial charge in [0.15, 0.2) is 0 Å². The zero-order valence-electron chi connectivity index (χ0n) is 24.8. The number of esters is 2. The minimum atomic E-state index is -0.397. The van der Waals surface area contributed by atoms with Crippen LogP contribution in [-0.2, 0) is 20.9 Å². The van der Waals surface area contributed by atoms with Gasteiger partial charge in [-0.2, -0.15) is 0 Å².